The normalized spacial score (nSPS) is 23.7. The van der Waals surface area contributed by atoms with Crippen LogP contribution in [-0.2, 0) is 5.41 Å². The first kappa shape index (κ1) is 13.0. The van der Waals surface area contributed by atoms with Gasteiger partial charge >= 0.3 is 0 Å². The molecule has 0 bridgehead atoms. The van der Waals surface area contributed by atoms with Gasteiger partial charge in [0.1, 0.15) is 11.5 Å². The van der Waals surface area contributed by atoms with Crippen molar-refractivity contribution in [2.75, 3.05) is 14.2 Å². The highest BCUT2D eigenvalue weighted by molar-refractivity contribution is 5.58. The van der Waals surface area contributed by atoms with E-state index in [1.165, 1.54) is 16.7 Å². The van der Waals surface area contributed by atoms with Crippen LogP contribution in [0.25, 0.3) is 0 Å². The Kier molecular flexibility index (Phi) is 2.97. The third-order valence-electron chi connectivity index (χ3n) is 4.84. The van der Waals surface area contributed by atoms with Crippen LogP contribution < -0.4 is 9.47 Å². The highest BCUT2D eigenvalue weighted by Gasteiger charge is 2.46. The Balaban J connectivity index is 2.03. The van der Waals surface area contributed by atoms with E-state index in [9.17, 15) is 0 Å². The van der Waals surface area contributed by atoms with Gasteiger partial charge in [-0.2, -0.15) is 0 Å². The monoisotopic (exact) mass is 268 g/mol. The Morgan fingerprint density at radius 2 is 1.50 bits per heavy atom. The number of benzene rings is 2. The molecule has 1 aliphatic rings. The van der Waals surface area contributed by atoms with Gasteiger partial charge in [-0.15, -0.1) is 0 Å². The van der Waals surface area contributed by atoms with E-state index in [1.807, 2.05) is 18.2 Å². The van der Waals surface area contributed by atoms with Crippen LogP contribution in [0.1, 0.15) is 36.5 Å². The van der Waals surface area contributed by atoms with Gasteiger partial charge in [-0.25, -0.2) is 0 Å². The topological polar surface area (TPSA) is 18.5 Å². The maximum Gasteiger partial charge on any atom is 0.119 e. The molecule has 2 aromatic carbocycles. The molecule has 1 aliphatic carbocycles. The van der Waals surface area contributed by atoms with Crippen LogP contribution in [0.5, 0.6) is 11.5 Å². The molecule has 0 aromatic heterocycles. The molecule has 20 heavy (non-hydrogen) atoms. The molecular formula is C18H20O2. The molecule has 3 rings (SSSR count). The van der Waals surface area contributed by atoms with E-state index < -0.39 is 0 Å². The van der Waals surface area contributed by atoms with E-state index >= 15 is 0 Å². The fourth-order valence-corrected chi connectivity index (χ4v) is 3.31. The summed E-state index contributed by atoms with van der Waals surface area (Å²) in [5, 5.41) is 0. The summed E-state index contributed by atoms with van der Waals surface area (Å²) in [7, 11) is 3.41. The molecule has 0 heterocycles. The van der Waals surface area contributed by atoms with Gasteiger partial charge in [0, 0.05) is 5.41 Å². The molecule has 0 spiro atoms. The van der Waals surface area contributed by atoms with Crippen LogP contribution in [0.15, 0.2) is 42.5 Å². The molecule has 0 radical (unpaired) electrons. The van der Waals surface area contributed by atoms with E-state index in [-0.39, 0.29) is 5.41 Å². The van der Waals surface area contributed by atoms with Gasteiger partial charge in [0.25, 0.3) is 0 Å². The van der Waals surface area contributed by atoms with Crippen molar-refractivity contribution in [2.45, 2.75) is 25.2 Å². The lowest BCUT2D eigenvalue weighted by atomic mass is 9.55. The number of rotatable bonds is 3. The van der Waals surface area contributed by atoms with Crippen molar-refractivity contribution in [2.24, 2.45) is 0 Å². The predicted octanol–water partition coefficient (Wildman–Crippen LogP) is 4.13. The lowest BCUT2D eigenvalue weighted by molar-refractivity contribution is 0.385. The summed E-state index contributed by atoms with van der Waals surface area (Å²) < 4.78 is 10.6. The smallest absolute Gasteiger partial charge is 0.119 e. The standard InChI is InChI=1S/C18H20O2/c1-12-16-11-15(20-4)9-10-17(16)18(12,2)13-5-7-14(19-3)8-6-13/h5-12H,1-4H3. The average molecular weight is 268 g/mol. The lowest BCUT2D eigenvalue weighted by Crippen LogP contribution is -2.40. The van der Waals surface area contributed by atoms with E-state index in [1.54, 1.807) is 14.2 Å². The van der Waals surface area contributed by atoms with Crippen LogP contribution in [0.2, 0.25) is 0 Å². The van der Waals surface area contributed by atoms with Crippen molar-refractivity contribution in [1.82, 2.24) is 0 Å². The highest BCUT2D eigenvalue weighted by atomic mass is 16.5. The molecule has 0 fully saturated rings. The van der Waals surface area contributed by atoms with Gasteiger partial charge in [0.15, 0.2) is 0 Å². The molecular weight excluding hydrogens is 248 g/mol. The van der Waals surface area contributed by atoms with Crippen molar-refractivity contribution in [1.29, 1.82) is 0 Å². The molecule has 0 N–H and O–H groups in total. The van der Waals surface area contributed by atoms with Crippen LogP contribution in [0, 0.1) is 0 Å². The molecule has 2 nitrogen and oxygen atoms in total. The molecule has 2 unspecified atom stereocenters. The first-order chi connectivity index (χ1) is 9.61. The second kappa shape index (κ2) is 4.55. The van der Waals surface area contributed by atoms with Crippen molar-refractivity contribution in [3.05, 3.63) is 59.2 Å². The summed E-state index contributed by atoms with van der Waals surface area (Å²) in [4.78, 5) is 0. The molecule has 2 atom stereocenters. The summed E-state index contributed by atoms with van der Waals surface area (Å²) in [5.41, 5.74) is 4.20. The molecule has 0 aliphatic heterocycles. The summed E-state index contributed by atoms with van der Waals surface area (Å²) >= 11 is 0. The van der Waals surface area contributed by atoms with E-state index in [0.717, 1.165) is 11.5 Å². The van der Waals surface area contributed by atoms with Gasteiger partial charge in [-0.1, -0.05) is 32.0 Å². The Hall–Kier alpha value is -1.96. The van der Waals surface area contributed by atoms with E-state index in [0.29, 0.717) is 5.92 Å². The minimum absolute atomic E-state index is 0.0773. The fraction of sp³-hybridized carbons (Fsp3) is 0.333. The second-order valence-corrected chi connectivity index (χ2v) is 5.61. The molecule has 2 heteroatoms. The molecule has 0 saturated heterocycles. The zero-order valence-electron chi connectivity index (χ0n) is 12.4. The number of methoxy groups -OCH3 is 2. The Bertz CT molecular complexity index is 630. The highest BCUT2D eigenvalue weighted by Crippen LogP contribution is 2.56. The van der Waals surface area contributed by atoms with Crippen molar-refractivity contribution in [3.8, 4) is 11.5 Å². The SMILES string of the molecule is COc1ccc(C2(C)c3ccc(OC)cc3C2C)cc1. The van der Waals surface area contributed by atoms with Crippen LogP contribution >= 0.6 is 0 Å². The lowest BCUT2D eigenvalue weighted by Gasteiger charge is -2.48. The maximum absolute atomic E-state index is 5.32. The molecule has 2 aromatic rings. The summed E-state index contributed by atoms with van der Waals surface area (Å²) in [6.45, 7) is 4.60. The molecule has 0 amide bonds. The van der Waals surface area contributed by atoms with Gasteiger partial charge in [-0.3, -0.25) is 0 Å². The molecule has 0 saturated carbocycles. The zero-order valence-corrected chi connectivity index (χ0v) is 12.4. The average Bonchev–Trinajstić information content (AvgIpc) is 2.53. The minimum Gasteiger partial charge on any atom is -0.497 e. The zero-order chi connectivity index (χ0) is 14.3. The summed E-state index contributed by atoms with van der Waals surface area (Å²) in [6.07, 6.45) is 0. The Labute approximate surface area is 120 Å². The first-order valence-corrected chi connectivity index (χ1v) is 6.94. The van der Waals surface area contributed by atoms with E-state index in [2.05, 4.69) is 38.1 Å². The largest absolute Gasteiger partial charge is 0.497 e. The van der Waals surface area contributed by atoms with Crippen molar-refractivity contribution in [3.63, 3.8) is 0 Å². The fourth-order valence-electron chi connectivity index (χ4n) is 3.31. The number of hydrogen-bond acceptors (Lipinski definition) is 2. The van der Waals surface area contributed by atoms with Crippen LogP contribution in [-0.4, -0.2) is 14.2 Å². The predicted molar refractivity (Wildman–Crippen MR) is 80.9 cm³/mol. The maximum atomic E-state index is 5.32. The van der Waals surface area contributed by atoms with Gasteiger partial charge in [0.2, 0.25) is 0 Å². The minimum atomic E-state index is 0.0773. The van der Waals surface area contributed by atoms with Gasteiger partial charge in [-0.05, 0) is 46.9 Å². The Morgan fingerprint density at radius 1 is 0.900 bits per heavy atom. The number of fused-ring (bicyclic) bond motifs is 1. The number of ether oxygens (including phenoxy) is 2. The van der Waals surface area contributed by atoms with Gasteiger partial charge in [0.05, 0.1) is 14.2 Å². The molecule has 104 valence electrons. The van der Waals surface area contributed by atoms with Crippen molar-refractivity contribution < 1.29 is 9.47 Å². The van der Waals surface area contributed by atoms with Crippen LogP contribution in [0.3, 0.4) is 0 Å². The quantitative estimate of drug-likeness (QED) is 0.833. The third-order valence-corrected chi connectivity index (χ3v) is 4.84. The van der Waals surface area contributed by atoms with Gasteiger partial charge < -0.3 is 9.47 Å². The first-order valence-electron chi connectivity index (χ1n) is 6.94. The summed E-state index contributed by atoms with van der Waals surface area (Å²) in [6, 6.07) is 14.8. The summed E-state index contributed by atoms with van der Waals surface area (Å²) in [5.74, 6) is 2.33. The number of hydrogen-bond donors (Lipinski definition) is 0. The second-order valence-electron chi connectivity index (χ2n) is 5.61. The van der Waals surface area contributed by atoms with Crippen LogP contribution in [0.4, 0.5) is 0 Å². The third kappa shape index (κ3) is 1.64. The van der Waals surface area contributed by atoms with Crippen molar-refractivity contribution >= 4 is 0 Å². The van der Waals surface area contributed by atoms with E-state index in [4.69, 9.17) is 9.47 Å². The Morgan fingerprint density at radius 3 is 2.10 bits per heavy atom.